The monoisotopic (exact) mass is 428 g/mol. The van der Waals surface area contributed by atoms with E-state index in [4.69, 9.17) is 15.9 Å². The van der Waals surface area contributed by atoms with Gasteiger partial charge in [0.05, 0.1) is 18.7 Å². The van der Waals surface area contributed by atoms with Crippen LogP contribution in [0, 0.1) is 5.41 Å². The number of urea groups is 1. The number of hydrogen-bond acceptors (Lipinski definition) is 4. The lowest BCUT2D eigenvalue weighted by Crippen LogP contribution is -2.44. The number of nitrogens with one attached hydrogen (secondary N) is 1. The molecule has 1 heterocycles. The number of amides is 2. The largest absolute Gasteiger partial charge is 0.466 e. The molecule has 0 spiro atoms. The standard InChI is InChI=1S/C22H24N4O3.ClH/c1-2-29-20(27)12-15-25-13-3-14-26(22(25)28)19-10-8-17(9-11-19)16-4-6-18(7-5-16)21(23)24;/h3-11,14H,2,12-13,15H2,1H3,(H3,23,24);1H. The van der Waals surface area contributed by atoms with Gasteiger partial charge in [-0.3, -0.25) is 15.1 Å². The number of ether oxygens (including phenoxy) is 1. The van der Waals surface area contributed by atoms with E-state index in [9.17, 15) is 9.59 Å². The molecule has 2 amide bonds. The van der Waals surface area contributed by atoms with Crippen molar-refractivity contribution in [1.82, 2.24) is 4.90 Å². The lowest BCUT2D eigenvalue weighted by atomic mass is 10.0. The maximum atomic E-state index is 12.8. The zero-order valence-corrected chi connectivity index (χ0v) is 17.5. The molecule has 0 fully saturated rings. The number of nitrogen functional groups attached to an aromatic ring is 1. The molecule has 3 N–H and O–H groups in total. The molecule has 0 saturated carbocycles. The van der Waals surface area contributed by atoms with Crippen molar-refractivity contribution in [1.29, 1.82) is 5.41 Å². The highest BCUT2D eigenvalue weighted by molar-refractivity contribution is 5.96. The van der Waals surface area contributed by atoms with Gasteiger partial charge in [-0.25, -0.2) is 4.79 Å². The van der Waals surface area contributed by atoms with Crippen molar-refractivity contribution in [2.45, 2.75) is 13.3 Å². The lowest BCUT2D eigenvalue weighted by Gasteiger charge is -2.31. The fraction of sp³-hybridized carbons (Fsp3) is 0.227. The number of rotatable bonds is 7. The Bertz CT molecular complexity index is 926. The quantitative estimate of drug-likeness (QED) is 0.398. The summed E-state index contributed by atoms with van der Waals surface area (Å²) in [5, 5.41) is 7.47. The predicted octanol–water partition coefficient (Wildman–Crippen LogP) is 3.77. The first-order valence-electron chi connectivity index (χ1n) is 9.45. The molecule has 1 aliphatic rings. The van der Waals surface area contributed by atoms with Gasteiger partial charge in [-0.15, -0.1) is 12.4 Å². The van der Waals surface area contributed by atoms with Gasteiger partial charge >= 0.3 is 12.0 Å². The summed E-state index contributed by atoms with van der Waals surface area (Å²) in [6.45, 7) is 2.88. The average molecular weight is 429 g/mol. The Hall–Kier alpha value is -3.32. The first-order chi connectivity index (χ1) is 14.0. The summed E-state index contributed by atoms with van der Waals surface area (Å²) < 4.78 is 4.93. The van der Waals surface area contributed by atoms with E-state index in [1.54, 1.807) is 22.9 Å². The van der Waals surface area contributed by atoms with Gasteiger partial charge in [0, 0.05) is 24.9 Å². The summed E-state index contributed by atoms with van der Waals surface area (Å²) in [6, 6.07) is 14.9. The minimum Gasteiger partial charge on any atom is -0.466 e. The van der Waals surface area contributed by atoms with Crippen LogP contribution in [0.25, 0.3) is 11.1 Å². The van der Waals surface area contributed by atoms with E-state index < -0.39 is 0 Å². The van der Waals surface area contributed by atoms with E-state index >= 15 is 0 Å². The highest BCUT2D eigenvalue weighted by Crippen LogP contribution is 2.25. The summed E-state index contributed by atoms with van der Waals surface area (Å²) in [5.41, 5.74) is 8.91. The second-order valence-electron chi connectivity index (χ2n) is 6.58. The number of halogens is 1. The van der Waals surface area contributed by atoms with Gasteiger partial charge in [0.1, 0.15) is 5.84 Å². The number of carbonyl (C=O) groups is 2. The molecule has 3 rings (SSSR count). The molecule has 30 heavy (non-hydrogen) atoms. The Morgan fingerprint density at radius 3 is 2.27 bits per heavy atom. The van der Waals surface area contributed by atoms with E-state index in [-0.39, 0.29) is 36.7 Å². The molecule has 0 atom stereocenters. The Morgan fingerprint density at radius 1 is 1.10 bits per heavy atom. The molecule has 2 aromatic rings. The van der Waals surface area contributed by atoms with Crippen LogP contribution in [-0.2, 0) is 9.53 Å². The van der Waals surface area contributed by atoms with Crippen molar-refractivity contribution >= 4 is 35.9 Å². The van der Waals surface area contributed by atoms with Crippen LogP contribution in [0.3, 0.4) is 0 Å². The second kappa shape index (κ2) is 10.5. The summed E-state index contributed by atoms with van der Waals surface area (Å²) in [6.07, 6.45) is 3.82. The number of anilines is 1. The highest BCUT2D eigenvalue weighted by Gasteiger charge is 2.24. The third kappa shape index (κ3) is 5.39. The first kappa shape index (κ1) is 23.0. The van der Waals surface area contributed by atoms with E-state index in [0.29, 0.717) is 25.3 Å². The molecule has 158 valence electrons. The maximum Gasteiger partial charge on any atom is 0.328 e. The second-order valence-corrected chi connectivity index (χ2v) is 6.58. The number of hydrogen-bond donors (Lipinski definition) is 2. The molecular formula is C22H25ClN4O3. The maximum absolute atomic E-state index is 12.8. The van der Waals surface area contributed by atoms with Crippen molar-refractivity contribution in [3.63, 3.8) is 0 Å². The Morgan fingerprint density at radius 2 is 1.70 bits per heavy atom. The molecule has 0 unspecified atom stereocenters. The number of benzene rings is 2. The van der Waals surface area contributed by atoms with E-state index in [1.165, 1.54) is 0 Å². The molecule has 1 aliphatic heterocycles. The van der Waals surface area contributed by atoms with Crippen LogP contribution in [0.4, 0.5) is 10.5 Å². The first-order valence-corrected chi connectivity index (χ1v) is 9.45. The number of esters is 1. The van der Waals surface area contributed by atoms with Gasteiger partial charge in [0.2, 0.25) is 0 Å². The summed E-state index contributed by atoms with van der Waals surface area (Å²) in [4.78, 5) is 27.5. The van der Waals surface area contributed by atoms with Crippen molar-refractivity contribution in [3.8, 4) is 11.1 Å². The minimum atomic E-state index is -0.304. The summed E-state index contributed by atoms with van der Waals surface area (Å²) in [5.74, 6) is -0.267. The van der Waals surface area contributed by atoms with Crippen LogP contribution in [0.2, 0.25) is 0 Å². The molecule has 0 radical (unpaired) electrons. The van der Waals surface area contributed by atoms with Crippen molar-refractivity contribution < 1.29 is 14.3 Å². The minimum absolute atomic E-state index is 0. The third-order valence-electron chi connectivity index (χ3n) is 4.62. The van der Waals surface area contributed by atoms with Crippen molar-refractivity contribution in [2.24, 2.45) is 5.73 Å². The fourth-order valence-corrected chi connectivity index (χ4v) is 3.07. The Kier molecular flexibility index (Phi) is 8.00. The van der Waals surface area contributed by atoms with E-state index in [0.717, 1.165) is 16.8 Å². The average Bonchev–Trinajstić information content (AvgIpc) is 2.73. The smallest absolute Gasteiger partial charge is 0.328 e. The molecule has 0 aromatic heterocycles. The van der Waals surface area contributed by atoms with Crippen LogP contribution in [-0.4, -0.2) is 42.4 Å². The lowest BCUT2D eigenvalue weighted by molar-refractivity contribution is -0.143. The van der Waals surface area contributed by atoms with Crippen LogP contribution in [0.5, 0.6) is 0 Å². The van der Waals surface area contributed by atoms with Crippen molar-refractivity contribution in [3.05, 3.63) is 66.4 Å². The third-order valence-corrected chi connectivity index (χ3v) is 4.62. The normalized spacial score (nSPS) is 13.0. The highest BCUT2D eigenvalue weighted by atomic mass is 35.5. The number of amidine groups is 1. The number of carbonyl (C=O) groups excluding carboxylic acids is 2. The zero-order chi connectivity index (χ0) is 20.8. The van der Waals surface area contributed by atoms with Gasteiger partial charge in [-0.2, -0.15) is 0 Å². The van der Waals surface area contributed by atoms with Crippen LogP contribution in [0.1, 0.15) is 18.9 Å². The van der Waals surface area contributed by atoms with E-state index in [1.807, 2.05) is 54.6 Å². The molecule has 7 nitrogen and oxygen atoms in total. The van der Waals surface area contributed by atoms with Gasteiger partial charge in [0.25, 0.3) is 0 Å². The molecule has 8 heteroatoms. The Balaban J connectivity index is 0.00000320. The van der Waals surface area contributed by atoms with Crippen LogP contribution < -0.4 is 10.6 Å². The SMILES string of the molecule is CCOC(=O)CCN1CC=CN(c2ccc(-c3ccc(C(=N)N)cc3)cc2)C1=O.Cl. The Labute approximate surface area is 182 Å². The summed E-state index contributed by atoms with van der Waals surface area (Å²) >= 11 is 0. The van der Waals surface area contributed by atoms with Crippen LogP contribution >= 0.6 is 12.4 Å². The van der Waals surface area contributed by atoms with Gasteiger partial charge in [-0.1, -0.05) is 36.4 Å². The number of nitrogens with two attached hydrogens (primary N) is 1. The zero-order valence-electron chi connectivity index (χ0n) is 16.7. The molecule has 2 aromatic carbocycles. The van der Waals surface area contributed by atoms with Crippen molar-refractivity contribution in [2.75, 3.05) is 24.6 Å². The molecule has 0 aliphatic carbocycles. The van der Waals surface area contributed by atoms with Gasteiger partial charge in [0.15, 0.2) is 0 Å². The molecule has 0 bridgehead atoms. The predicted molar refractivity (Wildman–Crippen MR) is 120 cm³/mol. The fourth-order valence-electron chi connectivity index (χ4n) is 3.07. The molecular weight excluding hydrogens is 404 g/mol. The number of nitrogens with zero attached hydrogens (tertiary/aromatic N) is 2. The van der Waals surface area contributed by atoms with Gasteiger partial charge in [-0.05, 0) is 36.3 Å². The van der Waals surface area contributed by atoms with Crippen LogP contribution in [0.15, 0.2) is 60.8 Å². The summed E-state index contributed by atoms with van der Waals surface area (Å²) in [7, 11) is 0. The molecule has 0 saturated heterocycles. The topological polar surface area (TPSA) is 99.7 Å². The van der Waals surface area contributed by atoms with E-state index in [2.05, 4.69) is 0 Å². The van der Waals surface area contributed by atoms with Gasteiger partial charge < -0.3 is 15.4 Å².